The third-order valence-corrected chi connectivity index (χ3v) is 4.48. The molecule has 1 saturated heterocycles. The summed E-state index contributed by atoms with van der Waals surface area (Å²) in [6.45, 7) is 5.03. The van der Waals surface area contributed by atoms with E-state index in [0.29, 0.717) is 19.0 Å². The first-order valence-electron chi connectivity index (χ1n) is 8.61. The molecule has 0 unspecified atom stereocenters. The fourth-order valence-corrected chi connectivity index (χ4v) is 3.31. The van der Waals surface area contributed by atoms with Gasteiger partial charge < -0.3 is 5.32 Å². The molecule has 0 aromatic rings. The topological polar surface area (TPSA) is 61.4 Å². The van der Waals surface area contributed by atoms with Crippen molar-refractivity contribution < 1.29 is 9.59 Å². The molecule has 3 amide bonds. The van der Waals surface area contributed by atoms with Gasteiger partial charge >= 0.3 is 6.03 Å². The van der Waals surface area contributed by atoms with Crippen molar-refractivity contribution in [3.05, 3.63) is 11.6 Å². The Hall–Kier alpha value is -1.36. The zero-order valence-corrected chi connectivity index (χ0v) is 13.7. The van der Waals surface area contributed by atoms with Crippen LogP contribution in [0.1, 0.15) is 51.9 Å². The standard InChI is InChI=1S/C17H29N3O2/c1-14-6-5-11-20(12-14)13-16(21)19-17(22)18-10-9-15-7-3-2-4-8-15/h7,14H,2-6,8-13H2,1H3,(H2,18,19,21,22)/t14-/m1/s1. The van der Waals surface area contributed by atoms with E-state index in [1.54, 1.807) is 0 Å². The minimum atomic E-state index is -0.369. The lowest BCUT2D eigenvalue weighted by atomic mass is 9.97. The van der Waals surface area contributed by atoms with E-state index in [9.17, 15) is 9.59 Å². The third kappa shape index (κ3) is 6.18. The Morgan fingerprint density at radius 1 is 1.32 bits per heavy atom. The van der Waals surface area contributed by atoms with Crippen molar-refractivity contribution in [1.82, 2.24) is 15.5 Å². The fourth-order valence-electron chi connectivity index (χ4n) is 3.31. The van der Waals surface area contributed by atoms with Crippen molar-refractivity contribution in [3.8, 4) is 0 Å². The predicted octanol–water partition coefficient (Wildman–Crippen LogP) is 2.43. The smallest absolute Gasteiger partial charge is 0.321 e. The maximum Gasteiger partial charge on any atom is 0.321 e. The average molecular weight is 307 g/mol. The van der Waals surface area contributed by atoms with E-state index in [2.05, 4.69) is 28.5 Å². The number of imide groups is 1. The van der Waals surface area contributed by atoms with Gasteiger partial charge in [-0.3, -0.25) is 15.0 Å². The molecule has 22 heavy (non-hydrogen) atoms. The normalized spacial score (nSPS) is 22.8. The number of carbonyl (C=O) groups is 2. The summed E-state index contributed by atoms with van der Waals surface area (Å²) in [5.41, 5.74) is 1.43. The zero-order chi connectivity index (χ0) is 15.8. The summed E-state index contributed by atoms with van der Waals surface area (Å²) in [6.07, 6.45) is 10.4. The van der Waals surface area contributed by atoms with Crippen molar-refractivity contribution in [2.45, 2.75) is 51.9 Å². The Balaban J connectivity index is 1.59. The Morgan fingerprint density at radius 2 is 2.18 bits per heavy atom. The molecule has 0 aromatic carbocycles. The molecule has 2 N–H and O–H groups in total. The van der Waals surface area contributed by atoms with Crippen molar-refractivity contribution >= 4 is 11.9 Å². The monoisotopic (exact) mass is 307 g/mol. The largest absolute Gasteiger partial charge is 0.337 e. The summed E-state index contributed by atoms with van der Waals surface area (Å²) in [6, 6.07) is -0.369. The number of piperidine rings is 1. The first-order chi connectivity index (χ1) is 10.6. The molecule has 0 radical (unpaired) electrons. The molecular weight excluding hydrogens is 278 g/mol. The van der Waals surface area contributed by atoms with Gasteiger partial charge in [0, 0.05) is 13.1 Å². The number of nitrogens with one attached hydrogen (secondary N) is 2. The molecule has 1 heterocycles. The van der Waals surface area contributed by atoms with Crippen molar-refractivity contribution in [2.24, 2.45) is 5.92 Å². The molecule has 2 aliphatic rings. The van der Waals surface area contributed by atoms with Crippen LogP contribution in [0.15, 0.2) is 11.6 Å². The minimum Gasteiger partial charge on any atom is -0.337 e. The summed E-state index contributed by atoms with van der Waals surface area (Å²) in [5.74, 6) is 0.433. The van der Waals surface area contributed by atoms with E-state index in [1.165, 1.54) is 24.8 Å². The van der Waals surface area contributed by atoms with Crippen LogP contribution in [0.3, 0.4) is 0 Å². The summed E-state index contributed by atoms with van der Waals surface area (Å²) in [5, 5.41) is 5.21. The van der Waals surface area contributed by atoms with Gasteiger partial charge in [-0.15, -0.1) is 0 Å². The van der Waals surface area contributed by atoms with Crippen LogP contribution in [0.2, 0.25) is 0 Å². The Morgan fingerprint density at radius 3 is 2.91 bits per heavy atom. The van der Waals surface area contributed by atoms with Crippen LogP contribution in [0.25, 0.3) is 0 Å². The number of carbonyl (C=O) groups excluding carboxylic acids is 2. The molecule has 0 spiro atoms. The van der Waals surface area contributed by atoms with Crippen LogP contribution in [0, 0.1) is 5.92 Å². The van der Waals surface area contributed by atoms with E-state index in [4.69, 9.17) is 0 Å². The van der Waals surface area contributed by atoms with E-state index in [-0.39, 0.29) is 11.9 Å². The van der Waals surface area contributed by atoms with E-state index >= 15 is 0 Å². The molecule has 5 heteroatoms. The van der Waals surface area contributed by atoms with Gasteiger partial charge in [0.2, 0.25) is 5.91 Å². The van der Waals surface area contributed by atoms with Crippen molar-refractivity contribution in [1.29, 1.82) is 0 Å². The number of nitrogens with zero attached hydrogens (tertiary/aromatic N) is 1. The number of hydrogen-bond acceptors (Lipinski definition) is 3. The molecule has 1 aliphatic carbocycles. The lowest BCUT2D eigenvalue weighted by molar-refractivity contribution is -0.121. The SMILES string of the molecule is C[C@@H]1CCCN(CC(=O)NC(=O)NCCC2=CCCCC2)C1. The molecule has 0 aromatic heterocycles. The molecule has 1 fully saturated rings. The number of allylic oxidation sites excluding steroid dienone is 1. The lowest BCUT2D eigenvalue weighted by Gasteiger charge is -2.29. The summed E-state index contributed by atoms with van der Waals surface area (Å²) in [4.78, 5) is 25.7. The first kappa shape index (κ1) is 17.0. The maximum absolute atomic E-state index is 11.9. The molecule has 5 nitrogen and oxygen atoms in total. The van der Waals surface area contributed by atoms with Gasteiger partial charge in [-0.25, -0.2) is 4.79 Å². The highest BCUT2D eigenvalue weighted by Crippen LogP contribution is 2.19. The van der Waals surface area contributed by atoms with Crippen LogP contribution in [0.4, 0.5) is 4.79 Å². The fraction of sp³-hybridized carbons (Fsp3) is 0.765. The second kappa shape index (κ2) is 8.93. The minimum absolute atomic E-state index is 0.205. The first-order valence-corrected chi connectivity index (χ1v) is 8.61. The zero-order valence-electron chi connectivity index (χ0n) is 13.7. The second-order valence-corrected chi connectivity index (χ2v) is 6.64. The summed E-state index contributed by atoms with van der Waals surface area (Å²) >= 11 is 0. The number of hydrogen-bond donors (Lipinski definition) is 2. The van der Waals surface area contributed by atoms with Gasteiger partial charge in [0.1, 0.15) is 0 Å². The van der Waals surface area contributed by atoms with Crippen LogP contribution < -0.4 is 10.6 Å². The van der Waals surface area contributed by atoms with Crippen LogP contribution in [-0.2, 0) is 4.79 Å². The number of urea groups is 1. The van der Waals surface area contributed by atoms with E-state index < -0.39 is 0 Å². The lowest BCUT2D eigenvalue weighted by Crippen LogP contribution is -2.46. The highest BCUT2D eigenvalue weighted by molar-refractivity contribution is 5.95. The van der Waals surface area contributed by atoms with Gasteiger partial charge in [0.15, 0.2) is 0 Å². The second-order valence-electron chi connectivity index (χ2n) is 6.64. The molecule has 124 valence electrons. The van der Waals surface area contributed by atoms with Gasteiger partial charge in [0.25, 0.3) is 0 Å². The molecule has 2 rings (SSSR count). The Bertz CT molecular complexity index is 420. The van der Waals surface area contributed by atoms with Crippen LogP contribution >= 0.6 is 0 Å². The quantitative estimate of drug-likeness (QED) is 0.767. The van der Waals surface area contributed by atoms with Crippen molar-refractivity contribution in [3.63, 3.8) is 0 Å². The molecule has 0 saturated carbocycles. The van der Waals surface area contributed by atoms with Gasteiger partial charge in [-0.2, -0.15) is 0 Å². The molecule has 1 atom stereocenters. The third-order valence-electron chi connectivity index (χ3n) is 4.48. The Labute approximate surface area is 133 Å². The average Bonchev–Trinajstić information content (AvgIpc) is 2.48. The predicted molar refractivity (Wildman–Crippen MR) is 87.5 cm³/mol. The van der Waals surface area contributed by atoms with Crippen LogP contribution in [0.5, 0.6) is 0 Å². The van der Waals surface area contributed by atoms with Gasteiger partial charge in [0.05, 0.1) is 6.54 Å². The molecule has 1 aliphatic heterocycles. The number of likely N-dealkylation sites (tertiary alicyclic amines) is 1. The number of rotatable bonds is 5. The Kier molecular flexibility index (Phi) is 6.90. The van der Waals surface area contributed by atoms with E-state index in [1.807, 2.05) is 0 Å². The highest BCUT2D eigenvalue weighted by Gasteiger charge is 2.19. The molecular formula is C17H29N3O2. The highest BCUT2D eigenvalue weighted by atomic mass is 16.2. The van der Waals surface area contributed by atoms with E-state index in [0.717, 1.165) is 38.8 Å². The van der Waals surface area contributed by atoms with Crippen molar-refractivity contribution in [2.75, 3.05) is 26.2 Å². The summed E-state index contributed by atoms with van der Waals surface area (Å²) < 4.78 is 0. The summed E-state index contributed by atoms with van der Waals surface area (Å²) in [7, 11) is 0. The van der Waals surface area contributed by atoms with Crippen LogP contribution in [-0.4, -0.2) is 43.0 Å². The van der Waals surface area contributed by atoms with Gasteiger partial charge in [-0.1, -0.05) is 18.6 Å². The van der Waals surface area contributed by atoms with Gasteiger partial charge in [-0.05, 0) is 57.4 Å². The molecule has 0 bridgehead atoms. The maximum atomic E-state index is 11.9. The number of amides is 3.